The van der Waals surface area contributed by atoms with Gasteiger partial charge in [0, 0.05) is 20.0 Å². The maximum Gasteiger partial charge on any atom is 0.222 e. The average molecular weight is 191 g/mol. The van der Waals surface area contributed by atoms with Crippen molar-refractivity contribution in [2.24, 2.45) is 0 Å². The van der Waals surface area contributed by atoms with E-state index in [0.717, 1.165) is 6.42 Å². The topological polar surface area (TPSA) is 20.3 Å². The van der Waals surface area contributed by atoms with Gasteiger partial charge in [-0.2, -0.15) is 0 Å². The lowest BCUT2D eigenvalue weighted by Gasteiger charge is -2.15. The van der Waals surface area contributed by atoms with E-state index in [0.29, 0.717) is 19.4 Å². The number of carbonyl (C=O) groups excluding carboxylic acids is 1. The fraction of sp³-hybridized carbons (Fsp3) is 0.900. The summed E-state index contributed by atoms with van der Waals surface area (Å²) in [6.07, 6.45) is 1.88. The second-order valence-corrected chi connectivity index (χ2v) is 2.61. The molecule has 0 radical (unpaired) electrons. The Hall–Kier alpha value is -0.600. The fourth-order valence-corrected chi connectivity index (χ4v) is 0.826. The zero-order chi connectivity index (χ0) is 10.7. The summed E-state index contributed by atoms with van der Waals surface area (Å²) in [5.74, 6) is 0.112. The van der Waals surface area contributed by atoms with Gasteiger partial charge < -0.3 is 4.90 Å². The number of alkyl halides is 1. The van der Waals surface area contributed by atoms with Crippen molar-refractivity contribution in [1.29, 1.82) is 0 Å². The van der Waals surface area contributed by atoms with Crippen molar-refractivity contribution in [1.82, 2.24) is 4.90 Å². The first kappa shape index (κ1) is 14.9. The monoisotopic (exact) mass is 191 g/mol. The van der Waals surface area contributed by atoms with E-state index in [2.05, 4.69) is 0 Å². The number of nitrogens with zero attached hydrogens (tertiary/aromatic N) is 1. The van der Waals surface area contributed by atoms with Gasteiger partial charge in [0.25, 0.3) is 0 Å². The van der Waals surface area contributed by atoms with Crippen LogP contribution >= 0.6 is 0 Å². The molecule has 0 heterocycles. The predicted molar refractivity (Wildman–Crippen MR) is 54.5 cm³/mol. The molecule has 0 aliphatic heterocycles. The van der Waals surface area contributed by atoms with Gasteiger partial charge in [0.1, 0.15) is 0 Å². The summed E-state index contributed by atoms with van der Waals surface area (Å²) in [5, 5.41) is 0. The number of halogens is 1. The van der Waals surface area contributed by atoms with Crippen LogP contribution in [0.25, 0.3) is 0 Å². The molecule has 0 aliphatic carbocycles. The highest BCUT2D eigenvalue weighted by Crippen LogP contribution is 1.95. The Morgan fingerprint density at radius 3 is 2.31 bits per heavy atom. The van der Waals surface area contributed by atoms with Gasteiger partial charge in [0.05, 0.1) is 6.67 Å². The largest absolute Gasteiger partial charge is 0.346 e. The molecular weight excluding hydrogens is 169 g/mol. The highest BCUT2D eigenvalue weighted by Gasteiger charge is 2.05. The van der Waals surface area contributed by atoms with Crippen LogP contribution in [0.1, 0.15) is 40.0 Å². The molecule has 0 saturated heterocycles. The first-order valence-electron chi connectivity index (χ1n) is 5.02. The summed E-state index contributed by atoms with van der Waals surface area (Å²) >= 11 is 0. The molecule has 0 spiro atoms. The smallest absolute Gasteiger partial charge is 0.222 e. The van der Waals surface area contributed by atoms with Crippen molar-refractivity contribution >= 4 is 5.91 Å². The van der Waals surface area contributed by atoms with Gasteiger partial charge in [0.2, 0.25) is 5.91 Å². The molecule has 0 bridgehead atoms. The van der Waals surface area contributed by atoms with Gasteiger partial charge in [-0.05, 0) is 12.8 Å². The van der Waals surface area contributed by atoms with E-state index in [-0.39, 0.29) is 12.6 Å². The van der Waals surface area contributed by atoms with E-state index in [1.165, 1.54) is 0 Å². The minimum atomic E-state index is -0.344. The predicted octanol–water partition coefficient (Wildman–Crippen LogP) is 2.63. The van der Waals surface area contributed by atoms with E-state index in [9.17, 15) is 9.18 Å². The Kier molecular flexibility index (Phi) is 13.1. The van der Waals surface area contributed by atoms with E-state index < -0.39 is 0 Å². The third-order valence-electron chi connectivity index (χ3n) is 1.52. The van der Waals surface area contributed by atoms with Crippen LogP contribution in [0.4, 0.5) is 4.39 Å². The molecule has 0 aromatic heterocycles. The summed E-state index contributed by atoms with van der Waals surface area (Å²) in [6, 6.07) is 0. The molecule has 0 atom stereocenters. The fourth-order valence-electron chi connectivity index (χ4n) is 0.826. The van der Waals surface area contributed by atoms with Crippen LogP contribution in [0.5, 0.6) is 0 Å². The van der Waals surface area contributed by atoms with Crippen molar-refractivity contribution in [2.45, 2.75) is 40.0 Å². The summed E-state index contributed by atoms with van der Waals surface area (Å²) in [5.41, 5.74) is 0. The van der Waals surface area contributed by atoms with Crippen molar-refractivity contribution < 1.29 is 9.18 Å². The molecule has 0 rings (SSSR count). The highest BCUT2D eigenvalue weighted by atomic mass is 19.1. The summed E-state index contributed by atoms with van der Waals surface area (Å²) in [6.45, 7) is 6.15. The van der Waals surface area contributed by atoms with Crippen molar-refractivity contribution in [3.05, 3.63) is 0 Å². The Morgan fingerprint density at radius 2 is 1.92 bits per heavy atom. The SMILES string of the molecule is CC.CCCC(=O)N(C)CCCF. The van der Waals surface area contributed by atoms with Crippen LogP contribution < -0.4 is 0 Å². The Bertz CT molecular complexity index is 117. The van der Waals surface area contributed by atoms with Gasteiger partial charge in [-0.15, -0.1) is 0 Å². The molecule has 1 amide bonds. The van der Waals surface area contributed by atoms with Crippen LogP contribution in [0.3, 0.4) is 0 Å². The van der Waals surface area contributed by atoms with Crippen LogP contribution in [0.2, 0.25) is 0 Å². The number of hydrogen-bond acceptors (Lipinski definition) is 1. The van der Waals surface area contributed by atoms with Crippen LogP contribution in [-0.2, 0) is 4.79 Å². The zero-order valence-electron chi connectivity index (χ0n) is 9.27. The van der Waals surface area contributed by atoms with E-state index in [1.54, 1.807) is 11.9 Å². The molecule has 0 aromatic carbocycles. The van der Waals surface area contributed by atoms with Crippen molar-refractivity contribution in [2.75, 3.05) is 20.3 Å². The maximum atomic E-state index is 11.7. The van der Waals surface area contributed by atoms with E-state index in [4.69, 9.17) is 0 Å². The third kappa shape index (κ3) is 9.31. The van der Waals surface area contributed by atoms with E-state index >= 15 is 0 Å². The molecule has 0 saturated carbocycles. The maximum absolute atomic E-state index is 11.7. The minimum absolute atomic E-state index is 0.112. The van der Waals surface area contributed by atoms with Crippen molar-refractivity contribution in [3.8, 4) is 0 Å². The molecule has 3 heteroatoms. The second kappa shape index (κ2) is 11.4. The molecule has 0 N–H and O–H groups in total. The van der Waals surface area contributed by atoms with Gasteiger partial charge >= 0.3 is 0 Å². The van der Waals surface area contributed by atoms with Gasteiger partial charge in [-0.25, -0.2) is 0 Å². The van der Waals surface area contributed by atoms with Crippen LogP contribution in [0.15, 0.2) is 0 Å². The first-order valence-corrected chi connectivity index (χ1v) is 5.02. The highest BCUT2D eigenvalue weighted by molar-refractivity contribution is 5.75. The summed E-state index contributed by atoms with van der Waals surface area (Å²) in [4.78, 5) is 12.6. The number of amides is 1. The normalized spacial score (nSPS) is 8.69. The Labute approximate surface area is 81.1 Å². The quantitative estimate of drug-likeness (QED) is 0.654. The van der Waals surface area contributed by atoms with E-state index in [1.807, 2.05) is 20.8 Å². The molecule has 0 unspecified atom stereocenters. The third-order valence-corrected chi connectivity index (χ3v) is 1.52. The average Bonchev–Trinajstić information content (AvgIpc) is 2.17. The standard InChI is InChI=1S/C8H16FNO.C2H6/c1-3-5-8(11)10(2)7-4-6-9;1-2/h3-7H2,1-2H3;1-2H3. The number of carbonyl (C=O) groups is 1. The van der Waals surface area contributed by atoms with Gasteiger partial charge in [0.15, 0.2) is 0 Å². The summed E-state index contributed by atoms with van der Waals surface area (Å²) < 4.78 is 11.7. The van der Waals surface area contributed by atoms with Crippen LogP contribution in [-0.4, -0.2) is 31.1 Å². The molecule has 0 fully saturated rings. The molecule has 0 aliphatic rings. The second-order valence-electron chi connectivity index (χ2n) is 2.61. The lowest BCUT2D eigenvalue weighted by atomic mass is 10.3. The lowest BCUT2D eigenvalue weighted by molar-refractivity contribution is -0.130. The number of rotatable bonds is 5. The van der Waals surface area contributed by atoms with Gasteiger partial charge in [-0.1, -0.05) is 20.8 Å². The van der Waals surface area contributed by atoms with Crippen LogP contribution in [0, 0.1) is 0 Å². The zero-order valence-corrected chi connectivity index (χ0v) is 9.27. The lowest BCUT2D eigenvalue weighted by Crippen LogP contribution is -2.27. The Balaban J connectivity index is 0. The number of hydrogen-bond donors (Lipinski definition) is 0. The molecule has 0 aromatic rings. The molecule has 2 nitrogen and oxygen atoms in total. The first-order chi connectivity index (χ1) is 6.22. The molecule has 80 valence electrons. The molecule has 13 heavy (non-hydrogen) atoms. The van der Waals surface area contributed by atoms with Crippen molar-refractivity contribution in [3.63, 3.8) is 0 Å². The Morgan fingerprint density at radius 1 is 1.38 bits per heavy atom. The van der Waals surface area contributed by atoms with Gasteiger partial charge in [-0.3, -0.25) is 9.18 Å². The minimum Gasteiger partial charge on any atom is -0.346 e. The summed E-state index contributed by atoms with van der Waals surface area (Å²) in [7, 11) is 1.72. The molecular formula is C10H22FNO.